The maximum Gasteiger partial charge on any atom is 0.217 e. The minimum absolute atomic E-state index is 0.824. The van der Waals surface area contributed by atoms with Gasteiger partial charge >= 0.3 is 0 Å². The van der Waals surface area contributed by atoms with Crippen LogP contribution in [-0.4, -0.2) is 432 Å². The molecule has 0 aromatic heterocycles. The summed E-state index contributed by atoms with van der Waals surface area (Å²) in [5.41, 5.74) is 0. The van der Waals surface area contributed by atoms with Crippen LogP contribution in [0.4, 0.5) is 0 Å². The zero-order valence-corrected chi connectivity index (χ0v) is 48.5. The lowest BCUT2D eigenvalue weighted by molar-refractivity contribution is -0.407. The van der Waals surface area contributed by atoms with Gasteiger partial charge in [-0.3, -0.25) is 4.79 Å². The van der Waals surface area contributed by atoms with Crippen molar-refractivity contribution in [1.29, 1.82) is 0 Å². The molecule has 0 saturated carbocycles. The molecule has 8 heterocycles. The summed E-state index contributed by atoms with van der Waals surface area (Å²) in [6.45, 7) is -7.44. The number of carbonyl (C=O) groups is 1. The molecule has 0 aliphatic carbocycles. The molecule has 40 atom stereocenters. The Balaban J connectivity index is 1.09. The van der Waals surface area contributed by atoms with Crippen LogP contribution in [0.3, 0.4) is 0 Å². The number of hydrogen-bond acceptors (Lipinski definition) is 41. The van der Waals surface area contributed by atoms with Crippen molar-refractivity contribution in [3.05, 3.63) is 0 Å². The van der Waals surface area contributed by atoms with Gasteiger partial charge in [0.25, 0.3) is 0 Å². The summed E-state index contributed by atoms with van der Waals surface area (Å²) in [5, 5.41) is 274. The number of rotatable bonds is 23. The highest BCUT2D eigenvalue weighted by atomic mass is 16.8. The average molecular weight is 1360 g/mol. The summed E-state index contributed by atoms with van der Waals surface area (Å²) >= 11 is 0. The molecule has 0 spiro atoms. The molecule has 8 aliphatic heterocycles. The molecule has 8 aliphatic rings. The third-order valence-electron chi connectivity index (χ3n) is 17.0. The molecule has 0 radical (unpaired) electrons. The molecule has 8 fully saturated rings. The third-order valence-corrected chi connectivity index (χ3v) is 17.0. The maximum atomic E-state index is 12.2. The van der Waals surface area contributed by atoms with Crippen molar-refractivity contribution in [2.75, 3.05) is 52.9 Å². The van der Waals surface area contributed by atoms with Gasteiger partial charge in [0.05, 0.1) is 52.9 Å². The quantitative estimate of drug-likeness (QED) is 0.0452. The van der Waals surface area contributed by atoms with E-state index in [4.69, 9.17) is 71.1 Å². The number of aliphatic hydroxyl groups is 25. The van der Waals surface area contributed by atoms with Crippen LogP contribution < -0.4 is 5.32 Å². The molecule has 42 nitrogen and oxygen atoms in total. The molecule has 42 heteroatoms. The SMILES string of the molecule is CC(=O)NC1C(O)OC(CO)C(OC2OC(COC3OC(CO)C(O)C(OC4OC(CO)C(O)C(O)C4OC4OC(CO)C(O)C(O)C4O)C3O)C(O)C(OC3OC(CO)C(O)C(O)C3OC3OC(CO)C(O)C(O)C3OC3OC(CO)C(O)C(O)C3O)C2O)C1O. The first-order valence-electron chi connectivity index (χ1n) is 29.2. The summed E-state index contributed by atoms with van der Waals surface area (Å²) < 4.78 is 86.2. The topological polar surface area (TPSA) is 673 Å². The van der Waals surface area contributed by atoms with Crippen LogP contribution in [0, 0.1) is 0 Å². The van der Waals surface area contributed by atoms with Crippen molar-refractivity contribution in [2.24, 2.45) is 0 Å². The van der Waals surface area contributed by atoms with Crippen molar-refractivity contribution < 1.29 is 204 Å². The van der Waals surface area contributed by atoms with Crippen LogP contribution in [-0.2, 0) is 75.8 Å². The molecule has 0 aromatic rings. The fourth-order valence-electron chi connectivity index (χ4n) is 11.7. The summed E-state index contributed by atoms with van der Waals surface area (Å²) in [4.78, 5) is 12.2. The smallest absolute Gasteiger partial charge is 0.217 e. The average Bonchev–Trinajstić information content (AvgIpc) is 0.794. The van der Waals surface area contributed by atoms with E-state index in [0.29, 0.717) is 0 Å². The molecular weight excluding hydrogens is 1270 g/mol. The molecule has 8 saturated heterocycles. The fourth-order valence-corrected chi connectivity index (χ4v) is 11.7. The van der Waals surface area contributed by atoms with Gasteiger partial charge in [0.1, 0.15) is 195 Å². The minimum atomic E-state index is -2.45. The van der Waals surface area contributed by atoms with Crippen molar-refractivity contribution in [3.8, 4) is 0 Å². The van der Waals surface area contributed by atoms with Gasteiger partial charge in [-0.2, -0.15) is 0 Å². The molecule has 8 rings (SSSR count). The first-order chi connectivity index (χ1) is 43.6. The molecule has 0 bridgehead atoms. The number of carbonyl (C=O) groups excluding carboxylic acids is 1. The molecule has 1 amide bonds. The van der Waals surface area contributed by atoms with Crippen molar-refractivity contribution in [3.63, 3.8) is 0 Å². The van der Waals surface area contributed by atoms with Gasteiger partial charge in [-0.1, -0.05) is 0 Å². The summed E-state index contributed by atoms with van der Waals surface area (Å²) in [6, 6.07) is -1.72. The third kappa shape index (κ3) is 15.8. The Kier molecular flexibility index (Phi) is 26.9. The van der Waals surface area contributed by atoms with Crippen molar-refractivity contribution in [2.45, 2.75) is 253 Å². The molecule has 0 aromatic carbocycles. The van der Waals surface area contributed by atoms with Crippen LogP contribution in [0.25, 0.3) is 0 Å². The van der Waals surface area contributed by atoms with Crippen molar-refractivity contribution in [1.82, 2.24) is 5.32 Å². The van der Waals surface area contributed by atoms with Crippen LogP contribution >= 0.6 is 0 Å². The highest BCUT2D eigenvalue weighted by molar-refractivity contribution is 5.73. The van der Waals surface area contributed by atoms with Crippen LogP contribution in [0.5, 0.6) is 0 Å². The second-order valence-electron chi connectivity index (χ2n) is 23.1. The highest BCUT2D eigenvalue weighted by Crippen LogP contribution is 2.39. The van der Waals surface area contributed by atoms with Crippen LogP contribution in [0.15, 0.2) is 0 Å². The van der Waals surface area contributed by atoms with Gasteiger partial charge < -0.3 is 204 Å². The Morgan fingerprint density at radius 1 is 0.283 bits per heavy atom. The number of ether oxygens (including phenoxy) is 15. The Hall–Kier alpha value is -2.13. The van der Waals surface area contributed by atoms with E-state index >= 15 is 0 Å². The lowest BCUT2D eigenvalue weighted by Crippen LogP contribution is -2.69. The lowest BCUT2D eigenvalue weighted by Gasteiger charge is -2.50. The van der Waals surface area contributed by atoms with Crippen LogP contribution in [0.2, 0.25) is 0 Å². The lowest BCUT2D eigenvalue weighted by atomic mass is 9.94. The summed E-state index contributed by atoms with van der Waals surface area (Å²) in [7, 11) is 0. The van der Waals surface area contributed by atoms with E-state index in [-0.39, 0.29) is 0 Å². The van der Waals surface area contributed by atoms with Gasteiger partial charge in [-0.05, 0) is 0 Å². The minimum Gasteiger partial charge on any atom is -0.394 e. The van der Waals surface area contributed by atoms with Gasteiger partial charge in [-0.25, -0.2) is 0 Å². The Morgan fingerprint density at radius 2 is 0.565 bits per heavy atom. The van der Waals surface area contributed by atoms with E-state index in [1.54, 1.807) is 0 Å². The second-order valence-corrected chi connectivity index (χ2v) is 23.1. The molecule has 40 unspecified atom stereocenters. The van der Waals surface area contributed by atoms with Gasteiger partial charge in [0, 0.05) is 6.92 Å². The predicted octanol–water partition coefficient (Wildman–Crippen LogP) is -18.3. The van der Waals surface area contributed by atoms with E-state index in [2.05, 4.69) is 5.32 Å². The number of amides is 1. The van der Waals surface area contributed by atoms with Gasteiger partial charge in [0.2, 0.25) is 5.91 Å². The second kappa shape index (κ2) is 32.7. The Bertz CT molecular complexity index is 2260. The van der Waals surface area contributed by atoms with Gasteiger partial charge in [0.15, 0.2) is 50.3 Å². The van der Waals surface area contributed by atoms with Gasteiger partial charge in [-0.15, -0.1) is 0 Å². The van der Waals surface area contributed by atoms with E-state index in [1.165, 1.54) is 0 Å². The number of aliphatic hydroxyl groups excluding tert-OH is 25. The first-order valence-corrected chi connectivity index (χ1v) is 29.2. The Morgan fingerprint density at radius 3 is 0.946 bits per heavy atom. The Labute approximate surface area is 519 Å². The van der Waals surface area contributed by atoms with E-state index < -0.39 is 304 Å². The van der Waals surface area contributed by atoms with E-state index in [0.717, 1.165) is 6.92 Å². The molecule has 536 valence electrons. The van der Waals surface area contributed by atoms with E-state index in [1.807, 2.05) is 0 Å². The zero-order chi connectivity index (χ0) is 67.6. The number of nitrogens with one attached hydrogen (secondary N) is 1. The molecule has 92 heavy (non-hydrogen) atoms. The number of hydrogen-bond donors (Lipinski definition) is 26. The zero-order valence-electron chi connectivity index (χ0n) is 48.5. The molecule has 26 N–H and O–H groups in total. The van der Waals surface area contributed by atoms with E-state index in [9.17, 15) is 132 Å². The monoisotopic (exact) mass is 1360 g/mol. The summed E-state index contributed by atoms with van der Waals surface area (Å²) in [6.07, 6.45) is -81.0. The first kappa shape index (κ1) is 75.6. The largest absolute Gasteiger partial charge is 0.394 e. The van der Waals surface area contributed by atoms with Crippen molar-refractivity contribution >= 4 is 5.91 Å². The predicted molar refractivity (Wildman–Crippen MR) is 276 cm³/mol. The highest BCUT2D eigenvalue weighted by Gasteiger charge is 2.60. The maximum absolute atomic E-state index is 12.2. The summed E-state index contributed by atoms with van der Waals surface area (Å²) in [5.74, 6) is -0.824. The standard InChI is InChI=1S/C50H85NO41/c1-10(59)51-19-27(67)37(17(8-58)79-43(19)77)87-47-36(76)39(89-49-42(32(72)24(64)14(5-55)84-49)92-50-41(31(71)23(63)15(6-56)85-50)91-46-34(74)29(69)21(61)12(3-53)82-46)26(66)18(86-47)9-78-44-35(75)38(25(65)16(7-57)80-44)88-48-40(30(70)22(62)13(4-54)83-48)90-45-33(73)28(68)20(60)11(2-52)81-45/h11-50,52-58,60-77H,2-9H2,1H3,(H,51,59). The fraction of sp³-hybridized carbons (Fsp3) is 0.980. The van der Waals surface area contributed by atoms with Crippen LogP contribution in [0.1, 0.15) is 6.92 Å². The molecular formula is C50H85NO41. The normalized spacial score (nSPS) is 52.2.